The van der Waals surface area contributed by atoms with Gasteiger partial charge in [0.25, 0.3) is 0 Å². The smallest absolute Gasteiger partial charge is 0.407 e. The topological polar surface area (TPSA) is 58.6 Å². The number of hydrogen-bond acceptors (Lipinski definition) is 3. The van der Waals surface area contributed by atoms with Gasteiger partial charge in [0.15, 0.2) is 0 Å². The van der Waals surface area contributed by atoms with Crippen LogP contribution in [0.5, 0.6) is 0 Å². The molecule has 4 nitrogen and oxygen atoms in total. The first-order chi connectivity index (χ1) is 9.61. The predicted octanol–water partition coefficient (Wildman–Crippen LogP) is 2.56. The number of rotatable bonds is 4. The summed E-state index contributed by atoms with van der Waals surface area (Å²) in [5.41, 5.74) is -0.555. The predicted molar refractivity (Wildman–Crippen MR) is 72.9 cm³/mol. The molecule has 0 saturated heterocycles. The summed E-state index contributed by atoms with van der Waals surface area (Å²) in [5, 5.41) is 11.7. The average molecular weight is 281 g/mol. The van der Waals surface area contributed by atoms with Gasteiger partial charge in [-0.2, -0.15) is 0 Å². The Morgan fingerprint density at radius 1 is 1.35 bits per heavy atom. The minimum absolute atomic E-state index is 0.0753. The summed E-state index contributed by atoms with van der Waals surface area (Å²) in [6.07, 6.45) is 1.11. The molecule has 2 rings (SSSR count). The van der Waals surface area contributed by atoms with Crippen LogP contribution in [0.25, 0.3) is 0 Å². The van der Waals surface area contributed by atoms with Crippen molar-refractivity contribution in [3.63, 3.8) is 0 Å². The Hall–Kier alpha value is -1.62. The van der Waals surface area contributed by atoms with Crippen molar-refractivity contribution in [2.24, 2.45) is 0 Å². The summed E-state index contributed by atoms with van der Waals surface area (Å²) in [6, 6.07) is 9.35. The molecule has 0 spiro atoms. The van der Waals surface area contributed by atoms with Gasteiger partial charge in [0.1, 0.15) is 12.3 Å². The van der Waals surface area contributed by atoms with Crippen LogP contribution in [0.3, 0.4) is 0 Å². The van der Waals surface area contributed by atoms with Crippen LogP contribution in [0, 0.1) is 0 Å². The van der Waals surface area contributed by atoms with E-state index in [9.17, 15) is 9.18 Å². The second kappa shape index (κ2) is 6.70. The van der Waals surface area contributed by atoms with Gasteiger partial charge in [0.05, 0.1) is 6.61 Å². The van der Waals surface area contributed by atoms with Crippen LogP contribution in [0.15, 0.2) is 30.3 Å². The lowest BCUT2D eigenvalue weighted by molar-refractivity contribution is 0.0276. The van der Waals surface area contributed by atoms with Crippen LogP contribution in [0.4, 0.5) is 9.18 Å². The van der Waals surface area contributed by atoms with Crippen molar-refractivity contribution in [1.82, 2.24) is 5.32 Å². The first kappa shape index (κ1) is 14.8. The van der Waals surface area contributed by atoms with E-state index in [0.717, 1.165) is 5.56 Å². The minimum atomic E-state index is -1.48. The van der Waals surface area contributed by atoms with Crippen molar-refractivity contribution in [1.29, 1.82) is 0 Å². The maximum absolute atomic E-state index is 13.8. The van der Waals surface area contributed by atoms with Gasteiger partial charge in [-0.15, -0.1) is 0 Å². The average Bonchev–Trinajstić information content (AvgIpc) is 2.49. The van der Waals surface area contributed by atoms with Gasteiger partial charge in [-0.25, -0.2) is 9.18 Å². The number of halogens is 1. The molecule has 5 heteroatoms. The number of hydrogen-bond donors (Lipinski definition) is 2. The van der Waals surface area contributed by atoms with E-state index in [-0.39, 0.29) is 25.5 Å². The Morgan fingerprint density at radius 2 is 2.00 bits per heavy atom. The molecule has 0 aliphatic heterocycles. The molecule has 0 heterocycles. The summed E-state index contributed by atoms with van der Waals surface area (Å²) >= 11 is 0. The fraction of sp³-hybridized carbons (Fsp3) is 0.533. The highest BCUT2D eigenvalue weighted by Crippen LogP contribution is 2.31. The van der Waals surface area contributed by atoms with Gasteiger partial charge in [0.2, 0.25) is 0 Å². The molecule has 1 fully saturated rings. The zero-order valence-corrected chi connectivity index (χ0v) is 11.3. The van der Waals surface area contributed by atoms with Crippen LogP contribution in [0.2, 0.25) is 0 Å². The molecule has 1 amide bonds. The molecule has 0 aromatic heterocycles. The van der Waals surface area contributed by atoms with Gasteiger partial charge in [-0.3, -0.25) is 0 Å². The van der Waals surface area contributed by atoms with E-state index in [2.05, 4.69) is 5.32 Å². The lowest BCUT2D eigenvalue weighted by Gasteiger charge is -2.32. The second-order valence-corrected chi connectivity index (χ2v) is 5.29. The highest BCUT2D eigenvalue weighted by molar-refractivity contribution is 5.67. The SMILES string of the molecule is O=C(NC1CCC(F)(CO)CC1)OCc1ccccc1. The normalized spacial score (nSPS) is 26.0. The number of carbonyl (C=O) groups is 1. The molecule has 1 aromatic rings. The molecule has 0 radical (unpaired) electrons. The molecule has 0 bridgehead atoms. The maximum Gasteiger partial charge on any atom is 0.407 e. The van der Waals surface area contributed by atoms with E-state index in [1.807, 2.05) is 30.3 Å². The van der Waals surface area contributed by atoms with Crippen LogP contribution in [-0.2, 0) is 11.3 Å². The molecule has 1 saturated carbocycles. The van der Waals surface area contributed by atoms with Crippen molar-refractivity contribution >= 4 is 6.09 Å². The highest BCUT2D eigenvalue weighted by atomic mass is 19.1. The first-order valence-electron chi connectivity index (χ1n) is 6.88. The number of ether oxygens (including phenoxy) is 1. The highest BCUT2D eigenvalue weighted by Gasteiger charge is 2.35. The number of aliphatic hydroxyl groups is 1. The molecule has 1 aliphatic carbocycles. The third-order valence-corrected chi connectivity index (χ3v) is 3.70. The fourth-order valence-electron chi connectivity index (χ4n) is 2.37. The Morgan fingerprint density at radius 3 is 2.60 bits per heavy atom. The van der Waals surface area contributed by atoms with Crippen molar-refractivity contribution in [2.75, 3.05) is 6.61 Å². The second-order valence-electron chi connectivity index (χ2n) is 5.29. The molecule has 20 heavy (non-hydrogen) atoms. The van der Waals surface area contributed by atoms with Crippen LogP contribution in [0.1, 0.15) is 31.2 Å². The van der Waals surface area contributed by atoms with E-state index in [1.54, 1.807) is 0 Å². The molecular weight excluding hydrogens is 261 g/mol. The number of alkyl carbamates (subject to hydrolysis) is 1. The van der Waals surface area contributed by atoms with Gasteiger partial charge in [0, 0.05) is 6.04 Å². The number of nitrogens with one attached hydrogen (secondary N) is 1. The number of alkyl halides is 1. The van der Waals surface area contributed by atoms with E-state index >= 15 is 0 Å². The number of aliphatic hydroxyl groups excluding tert-OH is 1. The Balaban J connectivity index is 1.70. The summed E-state index contributed by atoms with van der Waals surface area (Å²) in [7, 11) is 0. The molecule has 0 atom stereocenters. The van der Waals surface area contributed by atoms with Crippen molar-refractivity contribution < 1.29 is 19.0 Å². The maximum atomic E-state index is 13.8. The van der Waals surface area contributed by atoms with E-state index in [1.165, 1.54) is 0 Å². The van der Waals surface area contributed by atoms with Crippen molar-refractivity contribution in [3.05, 3.63) is 35.9 Å². The molecule has 2 N–H and O–H groups in total. The molecule has 1 aliphatic rings. The summed E-state index contributed by atoms with van der Waals surface area (Å²) in [5.74, 6) is 0. The van der Waals surface area contributed by atoms with Gasteiger partial charge in [-0.1, -0.05) is 30.3 Å². The monoisotopic (exact) mass is 281 g/mol. The largest absolute Gasteiger partial charge is 0.445 e. The van der Waals surface area contributed by atoms with Crippen molar-refractivity contribution in [2.45, 2.75) is 44.0 Å². The standard InChI is InChI=1S/C15H20FNO3/c16-15(11-18)8-6-13(7-9-15)17-14(19)20-10-12-4-2-1-3-5-12/h1-5,13,18H,6-11H2,(H,17,19). The van der Waals surface area contributed by atoms with E-state index in [4.69, 9.17) is 9.84 Å². The van der Waals surface area contributed by atoms with E-state index < -0.39 is 18.4 Å². The van der Waals surface area contributed by atoms with Gasteiger partial charge >= 0.3 is 6.09 Å². The van der Waals surface area contributed by atoms with Gasteiger partial charge in [-0.05, 0) is 31.2 Å². The zero-order valence-electron chi connectivity index (χ0n) is 11.3. The lowest BCUT2D eigenvalue weighted by atomic mass is 9.84. The van der Waals surface area contributed by atoms with Crippen molar-refractivity contribution in [3.8, 4) is 0 Å². The van der Waals surface area contributed by atoms with Crippen LogP contribution >= 0.6 is 0 Å². The molecule has 110 valence electrons. The zero-order chi connectivity index (χ0) is 14.4. The number of benzene rings is 1. The molecule has 1 aromatic carbocycles. The summed E-state index contributed by atoms with van der Waals surface area (Å²) < 4.78 is 18.9. The number of carbonyl (C=O) groups excluding carboxylic acids is 1. The Bertz CT molecular complexity index is 430. The van der Waals surface area contributed by atoms with Crippen LogP contribution in [-0.4, -0.2) is 29.5 Å². The quantitative estimate of drug-likeness (QED) is 0.891. The molecule has 0 unspecified atom stereocenters. The number of amides is 1. The Labute approximate surface area is 117 Å². The van der Waals surface area contributed by atoms with Gasteiger partial charge < -0.3 is 15.2 Å². The Kier molecular flexibility index (Phi) is 4.95. The van der Waals surface area contributed by atoms with Crippen LogP contribution < -0.4 is 5.32 Å². The third-order valence-electron chi connectivity index (χ3n) is 3.70. The fourth-order valence-corrected chi connectivity index (χ4v) is 2.37. The first-order valence-corrected chi connectivity index (χ1v) is 6.88. The lowest BCUT2D eigenvalue weighted by Crippen LogP contribution is -2.43. The molecular formula is C15H20FNO3. The minimum Gasteiger partial charge on any atom is -0.445 e. The summed E-state index contributed by atoms with van der Waals surface area (Å²) in [4.78, 5) is 11.6. The van der Waals surface area contributed by atoms with E-state index in [0.29, 0.717) is 12.8 Å². The summed E-state index contributed by atoms with van der Waals surface area (Å²) in [6.45, 7) is -0.221. The third kappa shape index (κ3) is 4.20.